The number of pyridine rings is 2. The van der Waals surface area contributed by atoms with Crippen LogP contribution in [0.5, 0.6) is 11.8 Å². The summed E-state index contributed by atoms with van der Waals surface area (Å²) >= 11 is 0. The van der Waals surface area contributed by atoms with Crippen LogP contribution in [0.2, 0.25) is 0 Å². The summed E-state index contributed by atoms with van der Waals surface area (Å²) in [5.74, 6) is 1.04. The number of aryl methyl sites for hydroxylation is 1. The van der Waals surface area contributed by atoms with Gasteiger partial charge < -0.3 is 14.8 Å². The predicted octanol–water partition coefficient (Wildman–Crippen LogP) is 4.19. The van der Waals surface area contributed by atoms with Crippen LogP contribution in [-0.4, -0.2) is 43.7 Å². The molecule has 0 amide bonds. The maximum absolute atomic E-state index is 5.69. The largest absolute Gasteiger partial charge is 0.481 e. The molecular formula is C23H27N7O2. The van der Waals surface area contributed by atoms with Crippen molar-refractivity contribution in [3.05, 3.63) is 47.9 Å². The fourth-order valence-electron chi connectivity index (χ4n) is 3.54. The number of ether oxygens (including phenoxy) is 2. The molecule has 4 heterocycles. The average molecular weight is 434 g/mol. The highest BCUT2D eigenvalue weighted by Gasteiger charge is 2.19. The molecule has 0 aliphatic heterocycles. The summed E-state index contributed by atoms with van der Waals surface area (Å²) in [6.45, 7) is 9.11. The molecule has 0 fully saturated rings. The third-order valence-corrected chi connectivity index (χ3v) is 5.01. The Hall–Kier alpha value is -3.75. The molecule has 166 valence electrons. The molecule has 9 heteroatoms. The Labute approximate surface area is 186 Å². The summed E-state index contributed by atoms with van der Waals surface area (Å²) in [6.07, 6.45) is 1.64. The lowest BCUT2D eigenvalue weighted by atomic mass is 10.1. The van der Waals surface area contributed by atoms with Crippen LogP contribution >= 0.6 is 0 Å². The minimum absolute atomic E-state index is 0.177. The van der Waals surface area contributed by atoms with Crippen molar-refractivity contribution in [3.8, 4) is 23.0 Å². The van der Waals surface area contributed by atoms with Gasteiger partial charge in [-0.25, -0.2) is 9.97 Å². The van der Waals surface area contributed by atoms with E-state index in [9.17, 15) is 0 Å². The van der Waals surface area contributed by atoms with Gasteiger partial charge >= 0.3 is 0 Å². The molecular weight excluding hydrogens is 406 g/mol. The predicted molar refractivity (Wildman–Crippen MR) is 123 cm³/mol. The summed E-state index contributed by atoms with van der Waals surface area (Å²) in [6, 6.07) is 9.75. The van der Waals surface area contributed by atoms with E-state index in [4.69, 9.17) is 19.6 Å². The minimum atomic E-state index is 0.177. The van der Waals surface area contributed by atoms with E-state index in [0.29, 0.717) is 24.9 Å². The first-order valence-electron chi connectivity index (χ1n) is 10.6. The van der Waals surface area contributed by atoms with Gasteiger partial charge in [0.2, 0.25) is 11.8 Å². The first-order valence-corrected chi connectivity index (χ1v) is 10.6. The summed E-state index contributed by atoms with van der Waals surface area (Å²) in [5.41, 5.74) is 5.93. The van der Waals surface area contributed by atoms with E-state index in [0.717, 1.165) is 39.4 Å². The zero-order chi connectivity index (χ0) is 22.7. The van der Waals surface area contributed by atoms with Crippen molar-refractivity contribution < 1.29 is 9.47 Å². The number of hydrogen-bond acceptors (Lipinski definition) is 8. The molecule has 0 spiro atoms. The van der Waals surface area contributed by atoms with E-state index in [-0.39, 0.29) is 6.04 Å². The maximum Gasteiger partial charge on any atom is 0.242 e. The summed E-state index contributed by atoms with van der Waals surface area (Å²) in [5, 5.41) is 16.4. The van der Waals surface area contributed by atoms with Crippen molar-refractivity contribution in [2.24, 2.45) is 0 Å². The van der Waals surface area contributed by atoms with Crippen molar-refractivity contribution in [2.45, 2.75) is 40.3 Å². The van der Waals surface area contributed by atoms with Gasteiger partial charge in [0.05, 0.1) is 54.8 Å². The fourth-order valence-corrected chi connectivity index (χ4v) is 3.54. The van der Waals surface area contributed by atoms with E-state index < -0.39 is 0 Å². The number of rotatable bonds is 8. The Bertz CT molecular complexity index is 1240. The molecule has 4 rings (SSSR count). The van der Waals surface area contributed by atoms with Gasteiger partial charge in [-0.3, -0.25) is 4.68 Å². The Kier molecular flexibility index (Phi) is 6.16. The van der Waals surface area contributed by atoms with E-state index >= 15 is 0 Å². The van der Waals surface area contributed by atoms with Crippen molar-refractivity contribution in [2.75, 3.05) is 19.0 Å². The zero-order valence-electron chi connectivity index (χ0n) is 19.0. The molecule has 0 aromatic carbocycles. The van der Waals surface area contributed by atoms with Gasteiger partial charge in [-0.2, -0.15) is 10.2 Å². The van der Waals surface area contributed by atoms with Gasteiger partial charge in [0.1, 0.15) is 11.0 Å². The second-order valence-corrected chi connectivity index (χ2v) is 7.58. The first kappa shape index (κ1) is 21.5. The maximum atomic E-state index is 5.69. The van der Waals surface area contributed by atoms with Gasteiger partial charge in [-0.05, 0) is 45.9 Å². The highest BCUT2D eigenvalue weighted by atomic mass is 16.5. The molecule has 9 nitrogen and oxygen atoms in total. The molecule has 0 radical (unpaired) electrons. The lowest BCUT2D eigenvalue weighted by molar-refractivity contribution is 0.324. The van der Waals surface area contributed by atoms with Gasteiger partial charge in [0.25, 0.3) is 0 Å². The van der Waals surface area contributed by atoms with Crippen LogP contribution in [0, 0.1) is 6.92 Å². The number of nitrogens with zero attached hydrogens (tertiary/aromatic N) is 6. The molecule has 0 unspecified atom stereocenters. The number of aromatic nitrogens is 6. The lowest BCUT2D eigenvalue weighted by Crippen LogP contribution is -2.08. The molecule has 0 saturated carbocycles. The molecule has 32 heavy (non-hydrogen) atoms. The topological polar surface area (TPSA) is 99.9 Å². The molecule has 0 aliphatic rings. The van der Waals surface area contributed by atoms with Crippen molar-refractivity contribution >= 4 is 16.7 Å². The number of hydrogen-bond donors (Lipinski definition) is 1. The van der Waals surface area contributed by atoms with E-state index in [2.05, 4.69) is 34.3 Å². The summed E-state index contributed by atoms with van der Waals surface area (Å²) < 4.78 is 12.9. The Morgan fingerprint density at radius 3 is 2.75 bits per heavy atom. The van der Waals surface area contributed by atoms with Gasteiger partial charge in [-0.1, -0.05) is 6.07 Å². The molecule has 0 aliphatic carbocycles. The van der Waals surface area contributed by atoms with Crippen LogP contribution in [0.15, 0.2) is 36.5 Å². The van der Waals surface area contributed by atoms with Crippen LogP contribution in [-0.2, 0) is 6.54 Å². The van der Waals surface area contributed by atoms with Gasteiger partial charge in [-0.15, -0.1) is 5.10 Å². The van der Waals surface area contributed by atoms with E-state index in [1.165, 1.54) is 0 Å². The molecule has 4 aromatic rings. The smallest absolute Gasteiger partial charge is 0.242 e. The number of fused-ring (bicyclic) bond motifs is 1. The summed E-state index contributed by atoms with van der Waals surface area (Å²) in [4.78, 5) is 9.43. The quantitative estimate of drug-likeness (QED) is 0.441. The fraction of sp³-hybridized carbons (Fsp3) is 0.348. The molecule has 0 atom stereocenters. The molecule has 0 saturated heterocycles. The van der Waals surface area contributed by atoms with Gasteiger partial charge in [0.15, 0.2) is 0 Å². The first-order chi connectivity index (χ1) is 15.5. The summed E-state index contributed by atoms with van der Waals surface area (Å²) in [7, 11) is 1.61. The average Bonchev–Trinajstić information content (AvgIpc) is 3.15. The third-order valence-electron chi connectivity index (χ3n) is 5.01. The second-order valence-electron chi connectivity index (χ2n) is 7.58. The SMILES string of the molecule is CCOc1nnccc1-c1cc(NCc2cccc(OC)n2)c2c(n1)c(C)nn2C(C)C. The van der Waals surface area contributed by atoms with Crippen LogP contribution in [0.25, 0.3) is 22.3 Å². The zero-order valence-corrected chi connectivity index (χ0v) is 19.0. The highest BCUT2D eigenvalue weighted by Crippen LogP contribution is 2.34. The standard InChI is InChI=1S/C23H27N7O2/c1-6-32-23-17(10-11-25-28-23)18-12-19(24-13-16-8-7-9-20(26-16)31-5)22-21(27-18)15(4)29-30(22)14(2)3/h7-12,14H,6,13H2,1-5H3,(H,24,27). The van der Waals surface area contributed by atoms with Crippen LogP contribution in [0.1, 0.15) is 38.2 Å². The molecule has 4 aromatic heterocycles. The van der Waals surface area contributed by atoms with E-state index in [1.54, 1.807) is 13.3 Å². The van der Waals surface area contributed by atoms with Crippen molar-refractivity contribution in [3.63, 3.8) is 0 Å². The van der Waals surface area contributed by atoms with Crippen molar-refractivity contribution in [1.82, 2.24) is 29.9 Å². The van der Waals surface area contributed by atoms with Crippen LogP contribution in [0.4, 0.5) is 5.69 Å². The molecule has 1 N–H and O–H groups in total. The minimum Gasteiger partial charge on any atom is -0.481 e. The Balaban J connectivity index is 1.83. The lowest BCUT2D eigenvalue weighted by Gasteiger charge is -2.15. The normalized spacial score (nSPS) is 11.2. The van der Waals surface area contributed by atoms with Gasteiger partial charge in [0, 0.05) is 12.1 Å². The monoisotopic (exact) mass is 433 g/mol. The van der Waals surface area contributed by atoms with Crippen molar-refractivity contribution in [1.29, 1.82) is 0 Å². The Morgan fingerprint density at radius 2 is 2.00 bits per heavy atom. The molecule has 0 bridgehead atoms. The number of methoxy groups -OCH3 is 1. The van der Waals surface area contributed by atoms with E-state index in [1.807, 2.05) is 48.9 Å². The van der Waals surface area contributed by atoms with Crippen LogP contribution in [0.3, 0.4) is 0 Å². The number of nitrogens with one attached hydrogen (secondary N) is 1. The third kappa shape index (κ3) is 4.18. The number of anilines is 1. The second kappa shape index (κ2) is 9.17. The van der Waals surface area contributed by atoms with Crippen LogP contribution < -0.4 is 14.8 Å². The highest BCUT2D eigenvalue weighted by molar-refractivity contribution is 5.93. The Morgan fingerprint density at radius 1 is 1.16 bits per heavy atom.